The van der Waals surface area contributed by atoms with E-state index in [2.05, 4.69) is 11.2 Å². The average Bonchev–Trinajstić information content (AvgIpc) is 2.46. The summed E-state index contributed by atoms with van der Waals surface area (Å²) in [6.07, 6.45) is 4.07. The monoisotopic (exact) mass is 289 g/mol. The van der Waals surface area contributed by atoms with Gasteiger partial charge in [-0.3, -0.25) is 0 Å². The lowest BCUT2D eigenvalue weighted by molar-refractivity contribution is -0.0623. The summed E-state index contributed by atoms with van der Waals surface area (Å²) in [7, 11) is 3.17. The van der Waals surface area contributed by atoms with Gasteiger partial charge >= 0.3 is 6.09 Å². The molecule has 0 saturated heterocycles. The van der Waals surface area contributed by atoms with Crippen molar-refractivity contribution in [3.8, 4) is 12.3 Å². The number of carbonyl (C=O) groups excluding carboxylic acids is 1. The fourth-order valence-corrected chi connectivity index (χ4v) is 1.14. The molecular formula is C13H23NO6. The Morgan fingerprint density at radius 1 is 1.15 bits per heavy atom. The molecule has 20 heavy (non-hydrogen) atoms. The van der Waals surface area contributed by atoms with Crippen molar-refractivity contribution in [2.75, 3.05) is 60.4 Å². The molecule has 0 heterocycles. The largest absolute Gasteiger partial charge is 0.447 e. The molecule has 1 unspecified atom stereocenters. The Morgan fingerprint density at radius 2 is 1.85 bits per heavy atom. The molecule has 0 aromatic carbocycles. The molecule has 1 amide bonds. The zero-order valence-corrected chi connectivity index (χ0v) is 12.1. The number of ether oxygens (including phenoxy) is 5. The third-order valence-electron chi connectivity index (χ3n) is 2.11. The zero-order valence-electron chi connectivity index (χ0n) is 12.1. The molecule has 0 rings (SSSR count). The summed E-state index contributed by atoms with van der Waals surface area (Å²) in [5.41, 5.74) is 0. The number of carbonyl (C=O) groups is 1. The van der Waals surface area contributed by atoms with Crippen molar-refractivity contribution in [3.05, 3.63) is 0 Å². The van der Waals surface area contributed by atoms with Gasteiger partial charge in [0.05, 0.1) is 39.6 Å². The Kier molecular flexibility index (Phi) is 13.2. The molecule has 0 saturated carbocycles. The Bertz CT molecular complexity index is 279. The normalized spacial score (nSPS) is 11.7. The van der Waals surface area contributed by atoms with Crippen LogP contribution < -0.4 is 5.32 Å². The van der Waals surface area contributed by atoms with E-state index in [1.165, 1.54) is 0 Å². The number of nitrogens with one attached hydrogen (secondary N) is 1. The first kappa shape index (κ1) is 18.7. The van der Waals surface area contributed by atoms with E-state index in [4.69, 9.17) is 30.1 Å². The third-order valence-corrected chi connectivity index (χ3v) is 2.11. The van der Waals surface area contributed by atoms with Crippen LogP contribution in [0, 0.1) is 12.3 Å². The van der Waals surface area contributed by atoms with Gasteiger partial charge in [0.25, 0.3) is 0 Å². The molecule has 0 radical (unpaired) electrons. The van der Waals surface area contributed by atoms with Crippen molar-refractivity contribution in [2.24, 2.45) is 0 Å². The van der Waals surface area contributed by atoms with E-state index >= 15 is 0 Å². The summed E-state index contributed by atoms with van der Waals surface area (Å²) in [4.78, 5) is 11.2. The number of methoxy groups -OCH3 is 2. The molecule has 116 valence electrons. The van der Waals surface area contributed by atoms with Crippen LogP contribution in [0.2, 0.25) is 0 Å². The van der Waals surface area contributed by atoms with Gasteiger partial charge in [0.1, 0.15) is 12.7 Å². The molecule has 1 atom stereocenters. The molecule has 7 nitrogen and oxygen atoms in total. The minimum absolute atomic E-state index is 0.0765. The molecule has 0 aromatic rings. The molecular weight excluding hydrogens is 266 g/mol. The Balaban J connectivity index is 3.90. The van der Waals surface area contributed by atoms with Gasteiger partial charge in [0.2, 0.25) is 0 Å². The van der Waals surface area contributed by atoms with E-state index in [9.17, 15) is 4.79 Å². The fraction of sp³-hybridized carbons (Fsp3) is 0.769. The van der Waals surface area contributed by atoms with E-state index in [1.807, 2.05) is 0 Å². The zero-order chi connectivity index (χ0) is 15.1. The van der Waals surface area contributed by atoms with Crippen LogP contribution in [-0.2, 0) is 23.7 Å². The van der Waals surface area contributed by atoms with Crippen molar-refractivity contribution >= 4 is 6.09 Å². The minimum atomic E-state index is -0.583. The fourth-order valence-electron chi connectivity index (χ4n) is 1.14. The highest BCUT2D eigenvalue weighted by atomic mass is 16.6. The van der Waals surface area contributed by atoms with Crippen molar-refractivity contribution in [1.29, 1.82) is 0 Å². The van der Waals surface area contributed by atoms with E-state index in [0.717, 1.165) is 0 Å². The highest BCUT2D eigenvalue weighted by molar-refractivity contribution is 5.67. The molecule has 0 aliphatic rings. The lowest BCUT2D eigenvalue weighted by atomic mass is 10.4. The minimum Gasteiger partial charge on any atom is -0.447 e. The predicted molar refractivity (Wildman–Crippen MR) is 72.5 cm³/mol. The summed E-state index contributed by atoms with van der Waals surface area (Å²) in [5, 5.41) is 2.39. The molecule has 0 spiro atoms. The number of amides is 1. The van der Waals surface area contributed by atoms with Gasteiger partial charge in [0, 0.05) is 14.2 Å². The van der Waals surface area contributed by atoms with Gasteiger partial charge in [0.15, 0.2) is 0 Å². The molecule has 0 aliphatic heterocycles. The van der Waals surface area contributed by atoms with Crippen LogP contribution in [0.1, 0.15) is 0 Å². The summed E-state index contributed by atoms with van der Waals surface area (Å²) >= 11 is 0. The van der Waals surface area contributed by atoms with Crippen LogP contribution in [0.3, 0.4) is 0 Å². The quantitative estimate of drug-likeness (QED) is 0.404. The van der Waals surface area contributed by atoms with E-state index in [1.54, 1.807) is 14.2 Å². The maximum atomic E-state index is 11.2. The van der Waals surface area contributed by atoms with Gasteiger partial charge in [-0.2, -0.15) is 0 Å². The number of rotatable bonds is 12. The standard InChI is InChI=1S/C13H23NO6/c1-4-5-14-13(15)20-11-12(19-9-7-17-3)10-18-8-6-16-2/h1,12H,5-11H2,2-3H3,(H,14,15). The molecule has 1 N–H and O–H groups in total. The van der Waals surface area contributed by atoms with E-state index in [0.29, 0.717) is 33.0 Å². The number of hydrogen-bond donors (Lipinski definition) is 1. The molecule has 0 fully saturated rings. The van der Waals surface area contributed by atoms with Crippen LogP contribution in [0.15, 0.2) is 0 Å². The van der Waals surface area contributed by atoms with Crippen LogP contribution in [-0.4, -0.2) is 72.6 Å². The summed E-state index contributed by atoms with van der Waals surface area (Å²) in [5.74, 6) is 2.28. The molecule has 0 bridgehead atoms. The van der Waals surface area contributed by atoms with Gasteiger partial charge < -0.3 is 29.0 Å². The topological polar surface area (TPSA) is 75.3 Å². The summed E-state index contributed by atoms with van der Waals surface area (Å²) < 4.78 is 25.5. The number of terminal acetylenes is 1. The van der Waals surface area contributed by atoms with Crippen molar-refractivity contribution < 1.29 is 28.5 Å². The predicted octanol–water partition coefficient (Wildman–Crippen LogP) is 0.0404. The Hall–Kier alpha value is -1.33. The first-order valence-corrected chi connectivity index (χ1v) is 6.25. The molecule has 0 aliphatic carbocycles. The smallest absolute Gasteiger partial charge is 0.407 e. The van der Waals surface area contributed by atoms with Crippen molar-refractivity contribution in [1.82, 2.24) is 5.32 Å². The SMILES string of the molecule is C#CCNC(=O)OCC(COCCOC)OCCOC. The maximum Gasteiger partial charge on any atom is 0.407 e. The summed E-state index contributed by atoms with van der Waals surface area (Å²) in [6, 6.07) is 0. The first-order valence-electron chi connectivity index (χ1n) is 6.25. The molecule has 0 aromatic heterocycles. The van der Waals surface area contributed by atoms with Crippen LogP contribution in [0.25, 0.3) is 0 Å². The second-order valence-corrected chi connectivity index (χ2v) is 3.71. The number of alkyl carbamates (subject to hydrolysis) is 1. The van der Waals surface area contributed by atoms with Crippen LogP contribution in [0.5, 0.6) is 0 Å². The maximum absolute atomic E-state index is 11.2. The second kappa shape index (κ2) is 14.1. The van der Waals surface area contributed by atoms with E-state index < -0.39 is 6.09 Å². The lowest BCUT2D eigenvalue weighted by Crippen LogP contribution is -2.32. The van der Waals surface area contributed by atoms with Crippen LogP contribution in [0.4, 0.5) is 4.79 Å². The Morgan fingerprint density at radius 3 is 2.50 bits per heavy atom. The highest BCUT2D eigenvalue weighted by Gasteiger charge is 2.12. The van der Waals surface area contributed by atoms with E-state index in [-0.39, 0.29) is 19.3 Å². The van der Waals surface area contributed by atoms with Gasteiger partial charge in [-0.15, -0.1) is 6.42 Å². The second-order valence-electron chi connectivity index (χ2n) is 3.71. The highest BCUT2D eigenvalue weighted by Crippen LogP contribution is 1.96. The van der Waals surface area contributed by atoms with Gasteiger partial charge in [-0.25, -0.2) is 4.79 Å². The number of hydrogen-bond acceptors (Lipinski definition) is 6. The summed E-state index contributed by atoms with van der Waals surface area (Å²) in [6.45, 7) is 2.29. The van der Waals surface area contributed by atoms with Gasteiger partial charge in [-0.05, 0) is 0 Å². The van der Waals surface area contributed by atoms with Gasteiger partial charge in [-0.1, -0.05) is 5.92 Å². The third kappa shape index (κ3) is 11.7. The average molecular weight is 289 g/mol. The Labute approximate surface area is 119 Å². The van der Waals surface area contributed by atoms with Crippen molar-refractivity contribution in [2.45, 2.75) is 6.10 Å². The molecule has 7 heteroatoms. The first-order chi connectivity index (χ1) is 9.74. The van der Waals surface area contributed by atoms with Crippen molar-refractivity contribution in [3.63, 3.8) is 0 Å². The lowest BCUT2D eigenvalue weighted by Gasteiger charge is -2.18. The van der Waals surface area contributed by atoms with Crippen LogP contribution >= 0.6 is 0 Å².